The third kappa shape index (κ3) is 5.34. The molecule has 1 aromatic heterocycles. The van der Waals surface area contributed by atoms with Gasteiger partial charge in [0.2, 0.25) is 0 Å². The first-order valence-corrected chi connectivity index (χ1v) is 13.1. The predicted octanol–water partition coefficient (Wildman–Crippen LogP) is 6.21. The number of aryl methyl sites for hydroxylation is 1. The van der Waals surface area contributed by atoms with Crippen molar-refractivity contribution in [2.45, 2.75) is 39.7 Å². The number of nitrogens with zero attached hydrogens (tertiary/aromatic N) is 2. The molecule has 7 heteroatoms. The molecule has 0 unspecified atom stereocenters. The number of ether oxygens (including phenoxy) is 1. The smallest absolute Gasteiger partial charge is 0.335 e. The van der Waals surface area contributed by atoms with Crippen LogP contribution in [0.4, 0.5) is 10.5 Å². The maximum atomic E-state index is 13.5. The number of carbonyl (C=O) groups is 3. The van der Waals surface area contributed by atoms with Gasteiger partial charge in [0.25, 0.3) is 11.8 Å². The molecule has 39 heavy (non-hydrogen) atoms. The monoisotopic (exact) mass is 521 g/mol. The van der Waals surface area contributed by atoms with Crippen LogP contribution in [0.1, 0.15) is 42.9 Å². The van der Waals surface area contributed by atoms with Gasteiger partial charge in [0.15, 0.2) is 0 Å². The fourth-order valence-electron chi connectivity index (χ4n) is 4.71. The number of urea groups is 1. The predicted molar refractivity (Wildman–Crippen MR) is 153 cm³/mol. The van der Waals surface area contributed by atoms with E-state index in [0.29, 0.717) is 30.3 Å². The van der Waals surface area contributed by atoms with Crippen molar-refractivity contribution in [2.75, 3.05) is 11.5 Å². The fraction of sp³-hybridized carbons (Fsp3) is 0.219. The SMILES string of the molecule is CC[C@@H](C)c1ccc(N2C(=O)NC(=O)/C(=C/c3cn(CCOc4ccc(C)cc4)c4ccccc34)C2=O)cc1. The number of amides is 4. The average Bonchev–Trinajstić information content (AvgIpc) is 3.29. The minimum atomic E-state index is -0.755. The number of fused-ring (bicyclic) bond motifs is 1. The van der Waals surface area contributed by atoms with Crippen LogP contribution >= 0.6 is 0 Å². The molecule has 0 bridgehead atoms. The zero-order valence-corrected chi connectivity index (χ0v) is 22.3. The number of carbonyl (C=O) groups excluding carboxylic acids is 3. The second-order valence-electron chi connectivity index (χ2n) is 9.82. The molecular formula is C32H31N3O4. The Balaban J connectivity index is 1.42. The Morgan fingerprint density at radius 1 is 0.949 bits per heavy atom. The van der Waals surface area contributed by atoms with Gasteiger partial charge < -0.3 is 9.30 Å². The number of para-hydroxylation sites is 1. The van der Waals surface area contributed by atoms with E-state index < -0.39 is 17.8 Å². The lowest BCUT2D eigenvalue weighted by atomic mass is 9.98. The zero-order valence-electron chi connectivity index (χ0n) is 22.3. The van der Waals surface area contributed by atoms with Gasteiger partial charge in [-0.1, -0.05) is 61.9 Å². The second-order valence-corrected chi connectivity index (χ2v) is 9.82. The normalized spacial score (nSPS) is 15.6. The summed E-state index contributed by atoms with van der Waals surface area (Å²) in [6.45, 7) is 7.29. The van der Waals surface area contributed by atoms with Crippen molar-refractivity contribution in [3.05, 3.63) is 101 Å². The van der Waals surface area contributed by atoms with Gasteiger partial charge in [0.05, 0.1) is 12.2 Å². The van der Waals surface area contributed by atoms with Crippen molar-refractivity contribution in [1.82, 2.24) is 9.88 Å². The lowest BCUT2D eigenvalue weighted by Crippen LogP contribution is -2.54. The molecule has 5 rings (SSSR count). The maximum Gasteiger partial charge on any atom is 0.335 e. The molecule has 2 heterocycles. The van der Waals surface area contributed by atoms with Crippen LogP contribution in [-0.2, 0) is 16.1 Å². The number of rotatable bonds is 8. The number of aromatic nitrogens is 1. The number of benzene rings is 3. The Labute approximate surface area is 227 Å². The van der Waals surface area contributed by atoms with Gasteiger partial charge >= 0.3 is 6.03 Å². The summed E-state index contributed by atoms with van der Waals surface area (Å²) in [6, 6.07) is 22.2. The molecule has 1 saturated heterocycles. The second kappa shape index (κ2) is 11.0. The highest BCUT2D eigenvalue weighted by molar-refractivity contribution is 6.39. The van der Waals surface area contributed by atoms with Gasteiger partial charge in [-0.3, -0.25) is 14.9 Å². The van der Waals surface area contributed by atoms with E-state index in [-0.39, 0.29) is 5.57 Å². The van der Waals surface area contributed by atoms with Gasteiger partial charge in [-0.05, 0) is 61.2 Å². The number of hydrogen-bond donors (Lipinski definition) is 1. The molecule has 0 spiro atoms. The van der Waals surface area contributed by atoms with Crippen molar-refractivity contribution in [3.63, 3.8) is 0 Å². The van der Waals surface area contributed by atoms with Crippen molar-refractivity contribution >= 4 is 40.5 Å². The third-order valence-corrected chi connectivity index (χ3v) is 7.18. The van der Waals surface area contributed by atoms with Crippen LogP contribution in [-0.4, -0.2) is 29.0 Å². The quantitative estimate of drug-likeness (QED) is 0.221. The van der Waals surface area contributed by atoms with Crippen LogP contribution in [0.2, 0.25) is 0 Å². The van der Waals surface area contributed by atoms with E-state index in [1.807, 2.05) is 78.4 Å². The topological polar surface area (TPSA) is 80.6 Å². The number of anilines is 1. The molecule has 7 nitrogen and oxygen atoms in total. The Morgan fingerprint density at radius 2 is 1.67 bits per heavy atom. The molecule has 1 aliphatic heterocycles. The minimum absolute atomic E-state index is 0.0978. The van der Waals surface area contributed by atoms with E-state index in [2.05, 4.69) is 19.2 Å². The Hall–Kier alpha value is -4.65. The largest absolute Gasteiger partial charge is 0.492 e. The average molecular weight is 522 g/mol. The summed E-state index contributed by atoms with van der Waals surface area (Å²) in [5, 5.41) is 3.21. The van der Waals surface area contributed by atoms with Gasteiger partial charge in [0.1, 0.15) is 17.9 Å². The van der Waals surface area contributed by atoms with E-state index in [0.717, 1.165) is 33.5 Å². The maximum absolute atomic E-state index is 13.5. The highest BCUT2D eigenvalue weighted by Crippen LogP contribution is 2.28. The van der Waals surface area contributed by atoms with Crippen LogP contribution in [0.15, 0.2) is 84.6 Å². The Morgan fingerprint density at radius 3 is 2.38 bits per heavy atom. The lowest BCUT2D eigenvalue weighted by molar-refractivity contribution is -0.122. The van der Waals surface area contributed by atoms with Crippen molar-refractivity contribution in [2.24, 2.45) is 0 Å². The van der Waals surface area contributed by atoms with Gasteiger partial charge in [-0.2, -0.15) is 0 Å². The minimum Gasteiger partial charge on any atom is -0.492 e. The summed E-state index contributed by atoms with van der Waals surface area (Å²) < 4.78 is 7.95. The molecule has 198 valence electrons. The summed E-state index contributed by atoms with van der Waals surface area (Å²) in [7, 11) is 0. The number of nitrogens with one attached hydrogen (secondary N) is 1. The molecule has 4 amide bonds. The van der Waals surface area contributed by atoms with Crippen LogP contribution in [0, 0.1) is 6.92 Å². The molecule has 3 aromatic carbocycles. The van der Waals surface area contributed by atoms with Crippen LogP contribution in [0.25, 0.3) is 17.0 Å². The summed E-state index contributed by atoms with van der Waals surface area (Å²) in [5.41, 5.74) is 4.27. The molecule has 1 aliphatic rings. The molecule has 1 fully saturated rings. The molecule has 1 N–H and O–H groups in total. The number of imide groups is 2. The number of hydrogen-bond acceptors (Lipinski definition) is 4. The Bertz CT molecular complexity index is 1570. The van der Waals surface area contributed by atoms with E-state index in [9.17, 15) is 14.4 Å². The summed E-state index contributed by atoms with van der Waals surface area (Å²) >= 11 is 0. The van der Waals surface area contributed by atoms with E-state index in [1.165, 1.54) is 5.56 Å². The molecule has 0 radical (unpaired) electrons. The van der Waals surface area contributed by atoms with Gasteiger partial charge in [-0.25, -0.2) is 9.69 Å². The van der Waals surface area contributed by atoms with E-state index >= 15 is 0 Å². The Kier molecular flexibility index (Phi) is 7.32. The first-order valence-electron chi connectivity index (χ1n) is 13.1. The summed E-state index contributed by atoms with van der Waals surface area (Å²) in [5.74, 6) is -0.205. The standard InChI is InChI=1S/C32H31N3O4/c1-4-22(3)23-11-13-25(14-12-23)35-31(37)28(30(36)33-32(35)38)19-24-20-34(29-8-6-5-7-27(24)29)17-18-39-26-15-9-21(2)10-16-26/h5-16,19-20,22H,4,17-18H2,1-3H3,(H,33,36,38)/b28-19-/t22-/m1/s1. The molecular weight excluding hydrogens is 490 g/mol. The van der Waals surface area contributed by atoms with E-state index in [1.54, 1.807) is 18.2 Å². The molecule has 0 aliphatic carbocycles. The van der Waals surface area contributed by atoms with E-state index in [4.69, 9.17) is 4.74 Å². The number of barbiturate groups is 1. The van der Waals surface area contributed by atoms with Crippen molar-refractivity contribution in [3.8, 4) is 5.75 Å². The summed E-state index contributed by atoms with van der Waals surface area (Å²) in [6.07, 6.45) is 4.44. The third-order valence-electron chi connectivity index (χ3n) is 7.18. The first-order chi connectivity index (χ1) is 18.9. The highest BCUT2D eigenvalue weighted by Gasteiger charge is 2.37. The van der Waals surface area contributed by atoms with Gasteiger partial charge in [-0.15, -0.1) is 0 Å². The summed E-state index contributed by atoms with van der Waals surface area (Å²) in [4.78, 5) is 40.0. The highest BCUT2D eigenvalue weighted by atomic mass is 16.5. The van der Waals surface area contributed by atoms with Crippen molar-refractivity contribution in [1.29, 1.82) is 0 Å². The molecule has 4 aromatic rings. The van der Waals surface area contributed by atoms with Crippen LogP contribution in [0.3, 0.4) is 0 Å². The van der Waals surface area contributed by atoms with Gasteiger partial charge in [0, 0.05) is 22.7 Å². The zero-order chi connectivity index (χ0) is 27.5. The fourth-order valence-corrected chi connectivity index (χ4v) is 4.71. The van der Waals surface area contributed by atoms with Crippen LogP contribution in [0.5, 0.6) is 5.75 Å². The van der Waals surface area contributed by atoms with Crippen molar-refractivity contribution < 1.29 is 19.1 Å². The molecule has 0 saturated carbocycles. The van der Waals surface area contributed by atoms with Crippen LogP contribution < -0.4 is 15.0 Å². The first kappa shape index (κ1) is 26.0. The molecule has 1 atom stereocenters. The lowest BCUT2D eigenvalue weighted by Gasteiger charge is -2.26.